The lowest BCUT2D eigenvalue weighted by molar-refractivity contribution is -0.687. The fourth-order valence-electron chi connectivity index (χ4n) is 3.57. The van der Waals surface area contributed by atoms with Crippen LogP contribution in [0, 0.1) is 0 Å². The van der Waals surface area contributed by atoms with Crippen LogP contribution in [0.25, 0.3) is 22.8 Å². The third kappa shape index (κ3) is 5.17. The highest BCUT2D eigenvalue weighted by Crippen LogP contribution is 2.22. The molecule has 4 aromatic heterocycles. The first kappa shape index (κ1) is 20.0. The van der Waals surface area contributed by atoms with Crippen LogP contribution in [0.3, 0.4) is 0 Å². The molecule has 0 bridgehead atoms. The SMILES string of the molecule is CCCCCCn1cc[n+](Cc2cc(-c3ccccn3)nc(-c3ccccn3)c2)c1. The van der Waals surface area contributed by atoms with Crippen LogP contribution in [0.4, 0.5) is 0 Å². The fraction of sp³-hybridized carbons (Fsp3) is 0.280. The summed E-state index contributed by atoms with van der Waals surface area (Å²) in [6.45, 7) is 4.10. The molecule has 5 heteroatoms. The quantitative estimate of drug-likeness (QED) is 0.297. The average Bonchev–Trinajstić information content (AvgIpc) is 3.25. The van der Waals surface area contributed by atoms with E-state index in [1.165, 1.54) is 31.2 Å². The molecule has 0 saturated heterocycles. The number of pyridine rings is 3. The number of hydrogen-bond acceptors (Lipinski definition) is 3. The molecule has 0 unspecified atom stereocenters. The molecule has 0 saturated carbocycles. The molecular weight excluding hydrogens is 370 g/mol. The van der Waals surface area contributed by atoms with Crippen LogP contribution in [0.15, 0.2) is 79.6 Å². The molecule has 4 rings (SSSR count). The van der Waals surface area contributed by atoms with Crippen molar-refractivity contribution in [2.75, 3.05) is 0 Å². The second-order valence-corrected chi connectivity index (χ2v) is 7.56. The van der Waals surface area contributed by atoms with E-state index >= 15 is 0 Å². The Morgan fingerprint density at radius 1 is 0.833 bits per heavy atom. The Bertz CT molecular complexity index is 1000. The van der Waals surface area contributed by atoms with Gasteiger partial charge in [-0.3, -0.25) is 9.97 Å². The minimum atomic E-state index is 0.782. The van der Waals surface area contributed by atoms with Crippen molar-refractivity contribution in [2.24, 2.45) is 0 Å². The Labute approximate surface area is 178 Å². The van der Waals surface area contributed by atoms with Crippen molar-refractivity contribution in [3.05, 3.63) is 85.2 Å². The zero-order valence-corrected chi connectivity index (χ0v) is 17.5. The Hall–Kier alpha value is -3.34. The van der Waals surface area contributed by atoms with E-state index < -0.39 is 0 Å². The van der Waals surface area contributed by atoms with Gasteiger partial charge in [0.15, 0.2) is 0 Å². The van der Waals surface area contributed by atoms with Crippen LogP contribution in [-0.2, 0) is 13.1 Å². The molecule has 0 atom stereocenters. The monoisotopic (exact) mass is 398 g/mol. The van der Waals surface area contributed by atoms with Crippen molar-refractivity contribution >= 4 is 0 Å². The summed E-state index contributed by atoms with van der Waals surface area (Å²) < 4.78 is 4.50. The van der Waals surface area contributed by atoms with Crippen LogP contribution in [0.2, 0.25) is 0 Å². The summed E-state index contributed by atoms with van der Waals surface area (Å²) in [6, 6.07) is 16.1. The third-order valence-corrected chi connectivity index (χ3v) is 5.12. The molecule has 0 spiro atoms. The van der Waals surface area contributed by atoms with E-state index in [-0.39, 0.29) is 0 Å². The lowest BCUT2D eigenvalue weighted by Gasteiger charge is -2.08. The van der Waals surface area contributed by atoms with E-state index in [2.05, 4.69) is 56.9 Å². The number of aromatic nitrogens is 5. The van der Waals surface area contributed by atoms with Crippen LogP contribution in [0.1, 0.15) is 38.2 Å². The Balaban J connectivity index is 1.59. The van der Waals surface area contributed by atoms with Gasteiger partial charge in [0.2, 0.25) is 6.33 Å². The van der Waals surface area contributed by atoms with Crippen molar-refractivity contribution in [2.45, 2.75) is 45.7 Å². The van der Waals surface area contributed by atoms with Gasteiger partial charge in [-0.1, -0.05) is 31.9 Å². The molecule has 0 aromatic carbocycles. The molecule has 0 aliphatic carbocycles. The van der Waals surface area contributed by atoms with Crippen molar-refractivity contribution in [1.29, 1.82) is 0 Å². The number of rotatable bonds is 9. The van der Waals surface area contributed by atoms with Gasteiger partial charge in [-0.15, -0.1) is 0 Å². The summed E-state index contributed by atoms with van der Waals surface area (Å²) in [5.41, 5.74) is 4.66. The van der Waals surface area contributed by atoms with Gasteiger partial charge in [0.05, 0.1) is 29.3 Å². The summed E-state index contributed by atoms with van der Waals surface area (Å²) in [6.07, 6.45) is 15.2. The Morgan fingerprint density at radius 3 is 2.13 bits per heavy atom. The van der Waals surface area contributed by atoms with Crippen molar-refractivity contribution in [1.82, 2.24) is 19.5 Å². The van der Waals surface area contributed by atoms with Gasteiger partial charge < -0.3 is 0 Å². The zero-order valence-electron chi connectivity index (χ0n) is 17.5. The summed E-state index contributed by atoms with van der Waals surface area (Å²) in [5, 5.41) is 0. The van der Waals surface area contributed by atoms with E-state index in [0.717, 1.165) is 35.9 Å². The molecule has 152 valence electrons. The lowest BCUT2D eigenvalue weighted by Crippen LogP contribution is -2.31. The highest BCUT2D eigenvalue weighted by molar-refractivity contribution is 5.63. The molecule has 5 nitrogen and oxygen atoms in total. The second-order valence-electron chi connectivity index (χ2n) is 7.56. The lowest BCUT2D eigenvalue weighted by atomic mass is 10.1. The second kappa shape index (κ2) is 9.92. The number of unbranched alkanes of at least 4 members (excludes halogenated alkanes) is 3. The van der Waals surface area contributed by atoms with E-state index in [1.54, 1.807) is 12.4 Å². The van der Waals surface area contributed by atoms with E-state index in [1.807, 2.05) is 36.4 Å². The molecule has 4 aromatic rings. The number of imidazole rings is 1. The third-order valence-electron chi connectivity index (χ3n) is 5.12. The normalized spacial score (nSPS) is 11.0. The maximum atomic E-state index is 4.84. The number of nitrogens with zero attached hydrogens (tertiary/aromatic N) is 5. The standard InChI is InChI=1S/C25H28N5/c1-2-3-4-9-14-29-15-16-30(20-29)19-21-17-24(22-10-5-7-12-26-22)28-25(18-21)23-11-6-8-13-27-23/h5-8,10-13,15-18,20H,2-4,9,14,19H2,1H3/q+1. The van der Waals surface area contributed by atoms with Gasteiger partial charge in [-0.2, -0.15) is 0 Å². The molecule has 4 heterocycles. The van der Waals surface area contributed by atoms with Gasteiger partial charge in [0, 0.05) is 12.4 Å². The van der Waals surface area contributed by atoms with Crippen LogP contribution in [0.5, 0.6) is 0 Å². The van der Waals surface area contributed by atoms with Gasteiger partial charge in [-0.05, 0) is 54.8 Å². The topological polar surface area (TPSA) is 47.5 Å². The summed E-state index contributed by atoms with van der Waals surface area (Å²) in [4.78, 5) is 13.8. The number of aryl methyl sites for hydroxylation is 1. The molecule has 0 fully saturated rings. The fourth-order valence-corrected chi connectivity index (χ4v) is 3.57. The van der Waals surface area contributed by atoms with E-state index in [0.29, 0.717) is 0 Å². The Kier molecular flexibility index (Phi) is 6.60. The molecule has 0 N–H and O–H groups in total. The van der Waals surface area contributed by atoms with Gasteiger partial charge in [0.25, 0.3) is 0 Å². The largest absolute Gasteiger partial charge is 0.255 e. The van der Waals surface area contributed by atoms with Crippen LogP contribution >= 0.6 is 0 Å². The molecule has 0 aliphatic rings. The van der Waals surface area contributed by atoms with Gasteiger partial charge in [0.1, 0.15) is 18.9 Å². The smallest absolute Gasteiger partial charge is 0.244 e. The first-order chi connectivity index (χ1) is 14.8. The van der Waals surface area contributed by atoms with Crippen molar-refractivity contribution < 1.29 is 4.57 Å². The first-order valence-corrected chi connectivity index (χ1v) is 10.7. The molecular formula is C25H28N5+. The number of hydrogen-bond donors (Lipinski definition) is 0. The molecule has 0 radical (unpaired) electrons. The minimum Gasteiger partial charge on any atom is -0.255 e. The first-order valence-electron chi connectivity index (χ1n) is 10.7. The Morgan fingerprint density at radius 2 is 1.53 bits per heavy atom. The predicted octanol–water partition coefficient (Wildman–Crippen LogP) is 4.92. The molecule has 0 aliphatic heterocycles. The molecule has 0 amide bonds. The maximum Gasteiger partial charge on any atom is 0.244 e. The highest BCUT2D eigenvalue weighted by Gasteiger charge is 2.11. The van der Waals surface area contributed by atoms with Gasteiger partial charge in [-0.25, -0.2) is 14.1 Å². The summed E-state index contributed by atoms with van der Waals surface area (Å²) in [7, 11) is 0. The summed E-state index contributed by atoms with van der Waals surface area (Å²) >= 11 is 0. The van der Waals surface area contributed by atoms with Crippen molar-refractivity contribution in [3.63, 3.8) is 0 Å². The van der Waals surface area contributed by atoms with E-state index in [4.69, 9.17) is 4.98 Å². The minimum absolute atomic E-state index is 0.782. The highest BCUT2D eigenvalue weighted by atomic mass is 15.1. The molecule has 30 heavy (non-hydrogen) atoms. The van der Waals surface area contributed by atoms with Crippen LogP contribution in [-0.4, -0.2) is 19.5 Å². The predicted molar refractivity (Wildman–Crippen MR) is 119 cm³/mol. The maximum absolute atomic E-state index is 4.84. The zero-order chi connectivity index (χ0) is 20.6. The van der Waals surface area contributed by atoms with Crippen molar-refractivity contribution in [3.8, 4) is 22.8 Å². The average molecular weight is 399 g/mol. The van der Waals surface area contributed by atoms with Crippen LogP contribution < -0.4 is 4.57 Å². The van der Waals surface area contributed by atoms with E-state index in [9.17, 15) is 0 Å². The summed E-state index contributed by atoms with van der Waals surface area (Å²) in [5.74, 6) is 0. The van der Waals surface area contributed by atoms with Gasteiger partial charge >= 0.3 is 0 Å².